The summed E-state index contributed by atoms with van der Waals surface area (Å²) in [5, 5.41) is 3.39. The number of aryl methyl sites for hydroxylation is 1. The van der Waals surface area contributed by atoms with Crippen molar-refractivity contribution in [1.82, 2.24) is 5.32 Å². The highest BCUT2D eigenvalue weighted by Gasteiger charge is 2.12. The van der Waals surface area contributed by atoms with Gasteiger partial charge in [0.15, 0.2) is 6.61 Å². The van der Waals surface area contributed by atoms with Crippen LogP contribution < -0.4 is 5.32 Å². The quantitative estimate of drug-likeness (QED) is 0.581. The van der Waals surface area contributed by atoms with E-state index in [0.29, 0.717) is 5.02 Å². The fourth-order valence-electron chi connectivity index (χ4n) is 2.19. The number of carbonyl (C=O) groups excluding carboxylic acids is 2. The third kappa shape index (κ3) is 6.44. The van der Waals surface area contributed by atoms with Crippen LogP contribution in [0.25, 0.3) is 0 Å². The van der Waals surface area contributed by atoms with Gasteiger partial charge in [0, 0.05) is 9.92 Å². The van der Waals surface area contributed by atoms with Crippen LogP contribution in [0.5, 0.6) is 0 Å². The van der Waals surface area contributed by atoms with Crippen LogP contribution in [-0.2, 0) is 14.3 Å². The Morgan fingerprint density at radius 3 is 2.68 bits per heavy atom. The van der Waals surface area contributed by atoms with Crippen LogP contribution in [0.1, 0.15) is 24.1 Å². The van der Waals surface area contributed by atoms with E-state index < -0.39 is 5.97 Å². The zero-order chi connectivity index (χ0) is 18.2. The van der Waals surface area contributed by atoms with Gasteiger partial charge in [-0.2, -0.15) is 0 Å². The van der Waals surface area contributed by atoms with Crippen molar-refractivity contribution < 1.29 is 14.3 Å². The highest BCUT2D eigenvalue weighted by Crippen LogP contribution is 2.21. The predicted molar refractivity (Wildman–Crippen MR) is 101 cm³/mol. The lowest BCUT2D eigenvalue weighted by molar-refractivity contribution is -0.146. The Morgan fingerprint density at radius 1 is 1.20 bits per heavy atom. The standard InChI is InChI=1S/C19H20ClNO3S/c1-13-6-3-4-9-17(13)25-12-19(23)24-11-18(22)21-14(2)15-7-5-8-16(20)10-15/h3-10,14H,11-12H2,1-2H3,(H,21,22)/t14-/m0/s1. The number of rotatable bonds is 7. The van der Waals surface area contributed by atoms with E-state index in [2.05, 4.69) is 5.32 Å². The maximum atomic E-state index is 11.9. The second-order valence-electron chi connectivity index (χ2n) is 5.56. The number of hydrogen-bond donors (Lipinski definition) is 1. The minimum atomic E-state index is -0.418. The van der Waals surface area contributed by atoms with Crippen molar-refractivity contribution in [3.63, 3.8) is 0 Å². The molecule has 0 aliphatic rings. The Labute approximate surface area is 156 Å². The van der Waals surface area contributed by atoms with Gasteiger partial charge in [-0.1, -0.05) is 41.9 Å². The number of esters is 1. The van der Waals surface area contributed by atoms with Crippen molar-refractivity contribution in [2.75, 3.05) is 12.4 Å². The highest BCUT2D eigenvalue weighted by molar-refractivity contribution is 8.00. The summed E-state index contributed by atoms with van der Waals surface area (Å²) in [5.41, 5.74) is 2.00. The lowest BCUT2D eigenvalue weighted by Gasteiger charge is -2.14. The first kappa shape index (κ1) is 19.3. The van der Waals surface area contributed by atoms with E-state index in [1.54, 1.807) is 12.1 Å². The summed E-state index contributed by atoms with van der Waals surface area (Å²) in [4.78, 5) is 24.7. The molecule has 0 aliphatic carbocycles. The van der Waals surface area contributed by atoms with Gasteiger partial charge in [-0.25, -0.2) is 0 Å². The Hall–Kier alpha value is -1.98. The molecule has 0 unspecified atom stereocenters. The number of carbonyl (C=O) groups is 2. The largest absolute Gasteiger partial charge is 0.455 e. The first-order chi connectivity index (χ1) is 12.0. The van der Waals surface area contributed by atoms with Gasteiger partial charge in [0.1, 0.15) is 0 Å². The van der Waals surface area contributed by atoms with Crippen molar-refractivity contribution in [3.05, 3.63) is 64.7 Å². The molecule has 1 atom stereocenters. The number of benzene rings is 2. The summed E-state index contributed by atoms with van der Waals surface area (Å²) in [6, 6.07) is 14.8. The zero-order valence-electron chi connectivity index (χ0n) is 14.1. The number of hydrogen-bond acceptors (Lipinski definition) is 4. The van der Waals surface area contributed by atoms with Gasteiger partial charge >= 0.3 is 5.97 Å². The number of halogens is 1. The molecule has 6 heteroatoms. The fourth-order valence-corrected chi connectivity index (χ4v) is 3.21. The van der Waals surface area contributed by atoms with Crippen LogP contribution in [0.3, 0.4) is 0 Å². The lowest BCUT2D eigenvalue weighted by Crippen LogP contribution is -2.31. The minimum Gasteiger partial charge on any atom is -0.455 e. The number of thioether (sulfide) groups is 1. The van der Waals surface area contributed by atoms with Crippen LogP contribution in [0.4, 0.5) is 0 Å². The number of amides is 1. The maximum absolute atomic E-state index is 11.9. The molecule has 0 radical (unpaired) electrons. The van der Waals surface area contributed by atoms with E-state index in [0.717, 1.165) is 16.0 Å². The molecular formula is C19H20ClNO3S. The summed E-state index contributed by atoms with van der Waals surface area (Å²) in [5.74, 6) is -0.595. The molecule has 2 rings (SSSR count). The van der Waals surface area contributed by atoms with E-state index in [4.69, 9.17) is 16.3 Å². The van der Waals surface area contributed by atoms with E-state index in [9.17, 15) is 9.59 Å². The molecule has 0 saturated carbocycles. The first-order valence-electron chi connectivity index (χ1n) is 7.84. The molecule has 2 aromatic carbocycles. The third-order valence-electron chi connectivity index (χ3n) is 3.53. The van der Waals surface area contributed by atoms with Crippen LogP contribution in [0, 0.1) is 6.92 Å². The average Bonchev–Trinajstić information content (AvgIpc) is 2.59. The third-order valence-corrected chi connectivity index (χ3v) is 4.91. The van der Waals surface area contributed by atoms with Crippen LogP contribution in [0.15, 0.2) is 53.4 Å². The van der Waals surface area contributed by atoms with Crippen molar-refractivity contribution in [2.45, 2.75) is 24.8 Å². The molecule has 1 N–H and O–H groups in total. The number of nitrogens with one attached hydrogen (secondary N) is 1. The number of ether oxygens (including phenoxy) is 1. The summed E-state index contributed by atoms with van der Waals surface area (Å²) in [7, 11) is 0. The molecule has 0 bridgehead atoms. The molecular weight excluding hydrogens is 358 g/mol. The smallest absolute Gasteiger partial charge is 0.316 e. The minimum absolute atomic E-state index is 0.169. The van der Waals surface area contributed by atoms with Crippen LogP contribution in [-0.4, -0.2) is 24.2 Å². The molecule has 0 aliphatic heterocycles. The average molecular weight is 378 g/mol. The molecule has 0 fully saturated rings. The summed E-state index contributed by atoms with van der Waals surface area (Å²) in [6.07, 6.45) is 0. The van der Waals surface area contributed by atoms with Crippen LogP contribution >= 0.6 is 23.4 Å². The predicted octanol–water partition coefficient (Wildman–Crippen LogP) is 4.16. The van der Waals surface area contributed by atoms with Crippen molar-refractivity contribution >= 4 is 35.2 Å². The molecule has 0 spiro atoms. The van der Waals surface area contributed by atoms with E-state index in [-0.39, 0.29) is 24.3 Å². The molecule has 0 heterocycles. The monoisotopic (exact) mass is 377 g/mol. The molecule has 0 saturated heterocycles. The van der Waals surface area contributed by atoms with E-state index in [1.807, 2.05) is 50.2 Å². The first-order valence-corrected chi connectivity index (χ1v) is 9.21. The maximum Gasteiger partial charge on any atom is 0.316 e. The Morgan fingerprint density at radius 2 is 1.96 bits per heavy atom. The molecule has 0 aromatic heterocycles. The van der Waals surface area contributed by atoms with Crippen LogP contribution in [0.2, 0.25) is 5.02 Å². The molecule has 1 amide bonds. The second kappa shape index (κ2) is 9.49. The topological polar surface area (TPSA) is 55.4 Å². The SMILES string of the molecule is Cc1ccccc1SCC(=O)OCC(=O)N[C@@H](C)c1cccc(Cl)c1. The Balaban J connectivity index is 1.74. The Kier molecular flexibility index (Phi) is 7.34. The van der Waals surface area contributed by atoms with Gasteiger partial charge in [-0.05, 0) is 43.2 Å². The van der Waals surface area contributed by atoms with Crippen molar-refractivity contribution in [3.8, 4) is 0 Å². The molecule has 132 valence electrons. The molecule has 25 heavy (non-hydrogen) atoms. The van der Waals surface area contributed by atoms with Gasteiger partial charge in [0.05, 0.1) is 11.8 Å². The van der Waals surface area contributed by atoms with Crippen molar-refractivity contribution in [1.29, 1.82) is 0 Å². The molecule has 2 aromatic rings. The van der Waals surface area contributed by atoms with Crippen molar-refractivity contribution in [2.24, 2.45) is 0 Å². The highest BCUT2D eigenvalue weighted by atomic mass is 35.5. The van der Waals surface area contributed by atoms with Gasteiger partial charge < -0.3 is 10.1 Å². The van der Waals surface area contributed by atoms with E-state index >= 15 is 0 Å². The molecule has 4 nitrogen and oxygen atoms in total. The fraction of sp³-hybridized carbons (Fsp3) is 0.263. The summed E-state index contributed by atoms with van der Waals surface area (Å²) in [6.45, 7) is 3.54. The van der Waals surface area contributed by atoms with Gasteiger partial charge in [-0.15, -0.1) is 11.8 Å². The summed E-state index contributed by atoms with van der Waals surface area (Å²) < 4.78 is 5.03. The lowest BCUT2D eigenvalue weighted by atomic mass is 10.1. The zero-order valence-corrected chi connectivity index (χ0v) is 15.7. The second-order valence-corrected chi connectivity index (χ2v) is 7.01. The summed E-state index contributed by atoms with van der Waals surface area (Å²) >= 11 is 7.34. The normalized spacial score (nSPS) is 11.6. The Bertz CT molecular complexity index is 751. The van der Waals surface area contributed by atoms with Gasteiger partial charge in [0.2, 0.25) is 0 Å². The van der Waals surface area contributed by atoms with Gasteiger partial charge in [-0.3, -0.25) is 9.59 Å². The van der Waals surface area contributed by atoms with Gasteiger partial charge in [0.25, 0.3) is 5.91 Å². The van der Waals surface area contributed by atoms with E-state index in [1.165, 1.54) is 11.8 Å².